The molecule has 4 nitrogen and oxygen atoms in total. The number of halogens is 1. The van der Waals surface area contributed by atoms with Crippen molar-refractivity contribution >= 4 is 34.7 Å². The van der Waals surface area contributed by atoms with Gasteiger partial charge in [-0.05, 0) is 19.1 Å². The van der Waals surface area contributed by atoms with E-state index in [9.17, 15) is 9.59 Å². The van der Waals surface area contributed by atoms with Crippen molar-refractivity contribution in [2.24, 2.45) is 0 Å². The molecule has 0 aliphatic heterocycles. The zero-order chi connectivity index (χ0) is 17.8. The van der Waals surface area contributed by atoms with Gasteiger partial charge in [0.15, 0.2) is 12.4 Å². The highest BCUT2D eigenvalue weighted by Gasteiger charge is 2.19. The van der Waals surface area contributed by atoms with Crippen LogP contribution in [0.1, 0.15) is 25.7 Å². The summed E-state index contributed by atoms with van der Waals surface area (Å²) in [5.41, 5.74) is 1.91. The summed E-state index contributed by atoms with van der Waals surface area (Å²) in [6, 6.07) is 16.0. The maximum Gasteiger partial charge on any atom is 0.350 e. The Balaban J connectivity index is 1.71. The van der Waals surface area contributed by atoms with Crippen LogP contribution < -0.4 is 0 Å². The van der Waals surface area contributed by atoms with Gasteiger partial charge in [-0.1, -0.05) is 54.1 Å². The molecule has 25 heavy (non-hydrogen) atoms. The van der Waals surface area contributed by atoms with Crippen molar-refractivity contribution < 1.29 is 14.3 Å². The van der Waals surface area contributed by atoms with Crippen LogP contribution in [0.2, 0.25) is 5.02 Å². The number of carbonyl (C=O) groups is 2. The van der Waals surface area contributed by atoms with Gasteiger partial charge in [0.25, 0.3) is 0 Å². The minimum atomic E-state index is -0.549. The van der Waals surface area contributed by atoms with Crippen molar-refractivity contribution in [1.29, 1.82) is 0 Å². The molecule has 0 saturated heterocycles. The van der Waals surface area contributed by atoms with E-state index in [0.29, 0.717) is 26.2 Å². The SMILES string of the molecule is Cc1nc(-c2cccc(Cl)c2)sc1C(=O)OCC(=O)c1ccccc1. The van der Waals surface area contributed by atoms with Gasteiger partial charge in [-0.2, -0.15) is 0 Å². The number of aromatic nitrogens is 1. The summed E-state index contributed by atoms with van der Waals surface area (Å²) >= 11 is 7.22. The van der Waals surface area contributed by atoms with E-state index < -0.39 is 5.97 Å². The molecule has 6 heteroatoms. The van der Waals surface area contributed by atoms with E-state index in [1.165, 1.54) is 11.3 Å². The lowest BCUT2D eigenvalue weighted by atomic mass is 10.1. The number of hydrogen-bond donors (Lipinski definition) is 0. The Labute approximate surface area is 154 Å². The number of carbonyl (C=O) groups excluding carboxylic acids is 2. The number of aryl methyl sites for hydroxylation is 1. The minimum absolute atomic E-state index is 0.244. The lowest BCUT2D eigenvalue weighted by Crippen LogP contribution is -2.14. The summed E-state index contributed by atoms with van der Waals surface area (Å²) in [4.78, 5) is 29.1. The van der Waals surface area contributed by atoms with Gasteiger partial charge in [-0.15, -0.1) is 11.3 Å². The Bertz CT molecular complexity index is 921. The molecule has 0 amide bonds. The second-order valence-electron chi connectivity index (χ2n) is 5.31. The zero-order valence-electron chi connectivity index (χ0n) is 13.4. The van der Waals surface area contributed by atoms with Gasteiger partial charge >= 0.3 is 5.97 Å². The minimum Gasteiger partial charge on any atom is -0.453 e. The predicted octanol–water partition coefficient (Wildman–Crippen LogP) is 4.81. The van der Waals surface area contributed by atoms with E-state index in [2.05, 4.69) is 4.98 Å². The van der Waals surface area contributed by atoms with E-state index in [0.717, 1.165) is 5.56 Å². The normalized spacial score (nSPS) is 10.5. The van der Waals surface area contributed by atoms with Crippen molar-refractivity contribution in [2.75, 3.05) is 6.61 Å². The molecule has 3 aromatic rings. The number of esters is 1. The number of thiazole rings is 1. The van der Waals surface area contributed by atoms with Crippen LogP contribution in [0.25, 0.3) is 10.6 Å². The van der Waals surface area contributed by atoms with E-state index in [4.69, 9.17) is 16.3 Å². The summed E-state index contributed by atoms with van der Waals surface area (Å²) in [5.74, 6) is -0.793. The van der Waals surface area contributed by atoms with Crippen LogP contribution in [-0.4, -0.2) is 23.3 Å². The fraction of sp³-hybridized carbons (Fsp3) is 0.105. The maximum absolute atomic E-state index is 12.3. The number of rotatable bonds is 5. The van der Waals surface area contributed by atoms with Gasteiger partial charge in [0.2, 0.25) is 0 Å². The first-order valence-electron chi connectivity index (χ1n) is 7.53. The second kappa shape index (κ2) is 7.59. The predicted molar refractivity (Wildman–Crippen MR) is 98.4 cm³/mol. The summed E-state index contributed by atoms with van der Waals surface area (Å²) < 4.78 is 5.15. The van der Waals surface area contributed by atoms with Crippen LogP contribution in [0.5, 0.6) is 0 Å². The monoisotopic (exact) mass is 371 g/mol. The first-order chi connectivity index (χ1) is 12.0. The zero-order valence-corrected chi connectivity index (χ0v) is 14.9. The van der Waals surface area contributed by atoms with Crippen molar-refractivity contribution in [3.05, 3.63) is 75.8 Å². The van der Waals surface area contributed by atoms with Crippen LogP contribution in [0, 0.1) is 6.92 Å². The lowest BCUT2D eigenvalue weighted by Gasteiger charge is -2.03. The molecule has 3 rings (SSSR count). The molecular weight excluding hydrogens is 358 g/mol. The Morgan fingerprint density at radius 1 is 1.12 bits per heavy atom. The van der Waals surface area contributed by atoms with Crippen molar-refractivity contribution in [3.63, 3.8) is 0 Å². The number of ketones is 1. The molecule has 0 spiro atoms. The van der Waals surface area contributed by atoms with Gasteiger partial charge in [-0.25, -0.2) is 9.78 Å². The standard InChI is InChI=1S/C19H14ClNO3S/c1-12-17(25-18(21-12)14-8-5-9-15(20)10-14)19(23)24-11-16(22)13-6-3-2-4-7-13/h2-10H,11H2,1H3. The summed E-state index contributed by atoms with van der Waals surface area (Å²) in [6.07, 6.45) is 0. The number of hydrogen-bond acceptors (Lipinski definition) is 5. The molecular formula is C19H14ClNO3S. The Kier molecular flexibility index (Phi) is 5.26. The molecule has 0 N–H and O–H groups in total. The molecule has 0 atom stereocenters. The van der Waals surface area contributed by atoms with E-state index in [-0.39, 0.29) is 12.4 Å². The Morgan fingerprint density at radius 3 is 2.60 bits per heavy atom. The highest BCUT2D eigenvalue weighted by atomic mass is 35.5. The number of nitrogens with zero attached hydrogens (tertiary/aromatic N) is 1. The molecule has 1 aromatic heterocycles. The average Bonchev–Trinajstić information content (AvgIpc) is 3.02. The fourth-order valence-corrected chi connectivity index (χ4v) is 3.38. The lowest BCUT2D eigenvalue weighted by molar-refractivity contribution is 0.0478. The van der Waals surface area contributed by atoms with Crippen molar-refractivity contribution in [2.45, 2.75) is 6.92 Å². The number of benzene rings is 2. The Morgan fingerprint density at radius 2 is 1.88 bits per heavy atom. The molecule has 0 fully saturated rings. The molecule has 1 heterocycles. The quantitative estimate of drug-likeness (QED) is 0.477. The van der Waals surface area contributed by atoms with E-state index >= 15 is 0 Å². The van der Waals surface area contributed by atoms with Crippen LogP contribution in [0.15, 0.2) is 54.6 Å². The van der Waals surface area contributed by atoms with Gasteiger partial charge in [0.1, 0.15) is 9.88 Å². The van der Waals surface area contributed by atoms with Crippen LogP contribution in [-0.2, 0) is 4.74 Å². The van der Waals surface area contributed by atoms with Crippen molar-refractivity contribution in [3.8, 4) is 10.6 Å². The molecule has 0 unspecified atom stereocenters. The number of Topliss-reactive ketones (excluding diaryl/α,β-unsaturated/α-hetero) is 1. The second-order valence-corrected chi connectivity index (χ2v) is 6.74. The summed E-state index contributed by atoms with van der Waals surface area (Å²) in [5, 5.41) is 1.28. The van der Waals surface area contributed by atoms with Gasteiger partial charge in [-0.3, -0.25) is 4.79 Å². The van der Waals surface area contributed by atoms with Gasteiger partial charge in [0.05, 0.1) is 5.69 Å². The molecule has 0 aliphatic rings. The van der Waals surface area contributed by atoms with Crippen LogP contribution >= 0.6 is 22.9 Å². The Hall–Kier alpha value is -2.50. The van der Waals surface area contributed by atoms with E-state index in [1.54, 1.807) is 43.3 Å². The van der Waals surface area contributed by atoms with Gasteiger partial charge < -0.3 is 4.74 Å². The third-order valence-electron chi connectivity index (χ3n) is 3.48. The first-order valence-corrected chi connectivity index (χ1v) is 8.73. The molecule has 126 valence electrons. The average molecular weight is 372 g/mol. The molecule has 0 saturated carbocycles. The summed E-state index contributed by atoms with van der Waals surface area (Å²) in [6.45, 7) is 1.44. The topological polar surface area (TPSA) is 56.3 Å². The highest BCUT2D eigenvalue weighted by Crippen LogP contribution is 2.29. The van der Waals surface area contributed by atoms with E-state index in [1.807, 2.05) is 18.2 Å². The molecule has 0 radical (unpaired) electrons. The molecule has 0 aliphatic carbocycles. The fourth-order valence-electron chi connectivity index (χ4n) is 2.23. The number of ether oxygens (including phenoxy) is 1. The molecule has 0 bridgehead atoms. The van der Waals surface area contributed by atoms with Gasteiger partial charge in [0, 0.05) is 16.1 Å². The largest absolute Gasteiger partial charge is 0.453 e. The van der Waals surface area contributed by atoms with Crippen LogP contribution in [0.3, 0.4) is 0 Å². The third kappa shape index (κ3) is 4.13. The smallest absolute Gasteiger partial charge is 0.350 e. The molecule has 2 aromatic carbocycles. The maximum atomic E-state index is 12.3. The van der Waals surface area contributed by atoms with Crippen LogP contribution in [0.4, 0.5) is 0 Å². The van der Waals surface area contributed by atoms with Crippen molar-refractivity contribution in [1.82, 2.24) is 4.98 Å². The highest BCUT2D eigenvalue weighted by molar-refractivity contribution is 7.17. The summed E-state index contributed by atoms with van der Waals surface area (Å²) in [7, 11) is 0. The third-order valence-corrected chi connectivity index (χ3v) is 4.91. The first kappa shape index (κ1) is 17.3.